The van der Waals surface area contributed by atoms with E-state index in [1.807, 2.05) is 4.90 Å². The summed E-state index contributed by atoms with van der Waals surface area (Å²) in [6, 6.07) is 0.209. The fraction of sp³-hybridized carbons (Fsp3) is 0.733. The van der Waals surface area contributed by atoms with Crippen molar-refractivity contribution < 1.29 is 14.4 Å². The van der Waals surface area contributed by atoms with Crippen LogP contribution in [0.3, 0.4) is 0 Å². The number of rotatable bonds is 2. The van der Waals surface area contributed by atoms with Crippen molar-refractivity contribution in [1.82, 2.24) is 10.1 Å². The molecule has 1 aliphatic carbocycles. The monoisotopic (exact) mass is 278 g/mol. The van der Waals surface area contributed by atoms with Crippen LogP contribution in [0.1, 0.15) is 54.4 Å². The zero-order valence-electron chi connectivity index (χ0n) is 12.0. The van der Waals surface area contributed by atoms with Crippen molar-refractivity contribution in [3.8, 4) is 0 Å². The minimum Gasteiger partial charge on any atom is -0.396 e. The number of carbonyl (C=O) groups excluding carboxylic acids is 1. The molecule has 5 nitrogen and oxygen atoms in total. The lowest BCUT2D eigenvalue weighted by atomic mass is 9.92. The Morgan fingerprint density at radius 1 is 1.40 bits per heavy atom. The van der Waals surface area contributed by atoms with Gasteiger partial charge in [-0.1, -0.05) is 5.16 Å². The smallest absolute Gasteiger partial charge is 0.276 e. The Hall–Kier alpha value is -1.36. The first-order chi connectivity index (χ1) is 9.70. The molecule has 3 rings (SSSR count). The number of piperidine rings is 1. The van der Waals surface area contributed by atoms with Gasteiger partial charge in [0, 0.05) is 31.2 Å². The van der Waals surface area contributed by atoms with Gasteiger partial charge in [-0.25, -0.2) is 0 Å². The van der Waals surface area contributed by atoms with Crippen LogP contribution in [0.5, 0.6) is 0 Å². The molecule has 2 aliphatic rings. The number of aromatic nitrogens is 1. The molecular weight excluding hydrogens is 256 g/mol. The van der Waals surface area contributed by atoms with Crippen molar-refractivity contribution in [3.63, 3.8) is 0 Å². The van der Waals surface area contributed by atoms with E-state index in [1.54, 1.807) is 0 Å². The molecule has 1 aliphatic heterocycles. The number of nitrogens with zero attached hydrogens (tertiary/aromatic N) is 2. The van der Waals surface area contributed by atoms with Crippen LogP contribution in [0.4, 0.5) is 0 Å². The molecule has 1 N–H and O–H groups in total. The highest BCUT2D eigenvalue weighted by atomic mass is 16.5. The summed E-state index contributed by atoms with van der Waals surface area (Å²) in [5.41, 5.74) is 1.52. The fourth-order valence-electron chi connectivity index (χ4n) is 3.30. The average molecular weight is 278 g/mol. The van der Waals surface area contributed by atoms with Crippen LogP contribution in [0.2, 0.25) is 0 Å². The molecule has 1 fully saturated rings. The molecular formula is C15H22N2O3. The van der Waals surface area contributed by atoms with Crippen molar-refractivity contribution in [1.29, 1.82) is 0 Å². The highest BCUT2D eigenvalue weighted by Gasteiger charge is 2.33. The first-order valence-electron chi connectivity index (χ1n) is 7.60. The molecule has 2 atom stereocenters. The van der Waals surface area contributed by atoms with Gasteiger partial charge in [0.2, 0.25) is 0 Å². The molecule has 0 aromatic carbocycles. The molecule has 20 heavy (non-hydrogen) atoms. The molecule has 2 heterocycles. The largest absolute Gasteiger partial charge is 0.396 e. The average Bonchev–Trinajstić information content (AvgIpc) is 2.91. The van der Waals surface area contributed by atoms with Crippen LogP contribution in [0, 0.1) is 5.92 Å². The number of fused-ring (bicyclic) bond motifs is 1. The van der Waals surface area contributed by atoms with E-state index in [1.165, 1.54) is 0 Å². The SMILES string of the molecule is CC1CCC(CO)CN1C(=O)c1noc2c1CCCC2. The number of likely N-dealkylation sites (tertiary alicyclic amines) is 1. The number of carbonyl (C=O) groups is 1. The number of amides is 1. The summed E-state index contributed by atoms with van der Waals surface area (Å²) in [5.74, 6) is 1.06. The van der Waals surface area contributed by atoms with E-state index in [9.17, 15) is 9.90 Å². The van der Waals surface area contributed by atoms with Crippen LogP contribution in [0.15, 0.2) is 4.52 Å². The Kier molecular flexibility index (Phi) is 3.78. The second-order valence-electron chi connectivity index (χ2n) is 6.07. The third kappa shape index (κ3) is 2.35. The maximum absolute atomic E-state index is 12.7. The molecule has 2 unspecified atom stereocenters. The highest BCUT2D eigenvalue weighted by molar-refractivity contribution is 5.94. The van der Waals surface area contributed by atoms with E-state index in [2.05, 4.69) is 12.1 Å². The number of aliphatic hydroxyl groups is 1. The molecule has 0 spiro atoms. The van der Waals surface area contributed by atoms with E-state index in [0.717, 1.165) is 49.8 Å². The zero-order chi connectivity index (χ0) is 14.1. The summed E-state index contributed by atoms with van der Waals surface area (Å²) in [6.45, 7) is 2.84. The highest BCUT2D eigenvalue weighted by Crippen LogP contribution is 2.28. The number of aliphatic hydroxyl groups excluding tert-OH is 1. The molecule has 1 aromatic rings. The summed E-state index contributed by atoms with van der Waals surface area (Å²) in [6.07, 6.45) is 5.93. The number of aryl methyl sites for hydroxylation is 1. The quantitative estimate of drug-likeness (QED) is 0.895. The summed E-state index contributed by atoms with van der Waals surface area (Å²) < 4.78 is 5.34. The van der Waals surface area contributed by atoms with Gasteiger partial charge in [-0.15, -0.1) is 0 Å². The van der Waals surface area contributed by atoms with Gasteiger partial charge in [-0.3, -0.25) is 4.79 Å². The van der Waals surface area contributed by atoms with Gasteiger partial charge in [0.25, 0.3) is 5.91 Å². The lowest BCUT2D eigenvalue weighted by Crippen LogP contribution is -2.46. The number of hydrogen-bond donors (Lipinski definition) is 1. The maximum Gasteiger partial charge on any atom is 0.276 e. The Labute approximate surface area is 118 Å². The molecule has 1 amide bonds. The van der Waals surface area contributed by atoms with Crippen molar-refractivity contribution >= 4 is 5.91 Å². The van der Waals surface area contributed by atoms with Gasteiger partial charge < -0.3 is 14.5 Å². The molecule has 110 valence electrons. The Morgan fingerprint density at radius 3 is 3.00 bits per heavy atom. The molecule has 1 saturated heterocycles. The van der Waals surface area contributed by atoms with Crippen LogP contribution in [-0.4, -0.2) is 40.3 Å². The van der Waals surface area contributed by atoms with Crippen molar-refractivity contribution in [2.24, 2.45) is 5.92 Å². The summed E-state index contributed by atoms with van der Waals surface area (Å²) in [4.78, 5) is 14.6. The van der Waals surface area contributed by atoms with Gasteiger partial charge in [0.05, 0.1) is 0 Å². The van der Waals surface area contributed by atoms with E-state index < -0.39 is 0 Å². The van der Waals surface area contributed by atoms with Crippen molar-refractivity contribution in [2.75, 3.05) is 13.2 Å². The van der Waals surface area contributed by atoms with Gasteiger partial charge in [-0.2, -0.15) is 0 Å². The molecule has 5 heteroatoms. The third-order valence-corrected chi connectivity index (χ3v) is 4.65. The van der Waals surface area contributed by atoms with Gasteiger partial charge in [0.1, 0.15) is 5.76 Å². The predicted molar refractivity (Wildman–Crippen MR) is 73.5 cm³/mol. The first-order valence-corrected chi connectivity index (χ1v) is 7.60. The number of hydrogen-bond acceptors (Lipinski definition) is 4. The Balaban J connectivity index is 1.82. The summed E-state index contributed by atoms with van der Waals surface area (Å²) in [5, 5.41) is 13.4. The fourth-order valence-corrected chi connectivity index (χ4v) is 3.30. The molecule has 0 saturated carbocycles. The molecule has 0 bridgehead atoms. The zero-order valence-corrected chi connectivity index (χ0v) is 12.0. The van der Waals surface area contributed by atoms with Gasteiger partial charge in [-0.05, 0) is 44.9 Å². The Morgan fingerprint density at radius 2 is 2.20 bits per heavy atom. The van der Waals surface area contributed by atoms with Crippen LogP contribution < -0.4 is 0 Å². The van der Waals surface area contributed by atoms with Crippen LogP contribution in [0.25, 0.3) is 0 Å². The maximum atomic E-state index is 12.7. The molecule has 1 aromatic heterocycles. The standard InChI is InChI=1S/C15H22N2O3/c1-10-6-7-11(9-18)8-17(10)15(19)14-12-4-2-3-5-13(12)20-16-14/h10-11,18H,2-9H2,1H3. The second kappa shape index (κ2) is 5.56. The predicted octanol–water partition coefficient (Wildman–Crippen LogP) is 1.79. The third-order valence-electron chi connectivity index (χ3n) is 4.65. The molecule has 0 radical (unpaired) electrons. The van der Waals surface area contributed by atoms with E-state index in [0.29, 0.717) is 12.2 Å². The summed E-state index contributed by atoms with van der Waals surface area (Å²) >= 11 is 0. The second-order valence-corrected chi connectivity index (χ2v) is 6.07. The lowest BCUT2D eigenvalue weighted by molar-refractivity contribution is 0.0478. The normalized spacial score (nSPS) is 26.4. The lowest BCUT2D eigenvalue weighted by Gasteiger charge is -2.37. The van der Waals surface area contributed by atoms with E-state index >= 15 is 0 Å². The van der Waals surface area contributed by atoms with Crippen molar-refractivity contribution in [2.45, 2.75) is 51.5 Å². The van der Waals surface area contributed by atoms with Crippen LogP contribution in [-0.2, 0) is 12.8 Å². The van der Waals surface area contributed by atoms with Crippen LogP contribution >= 0.6 is 0 Å². The van der Waals surface area contributed by atoms with E-state index in [-0.39, 0.29) is 24.5 Å². The first kappa shape index (κ1) is 13.6. The topological polar surface area (TPSA) is 66.6 Å². The van der Waals surface area contributed by atoms with E-state index in [4.69, 9.17) is 4.52 Å². The minimum absolute atomic E-state index is 0.0254. The Bertz CT molecular complexity index is 497. The summed E-state index contributed by atoms with van der Waals surface area (Å²) in [7, 11) is 0. The minimum atomic E-state index is -0.0254. The van der Waals surface area contributed by atoms with Gasteiger partial charge in [0.15, 0.2) is 5.69 Å². The van der Waals surface area contributed by atoms with Gasteiger partial charge >= 0.3 is 0 Å². The van der Waals surface area contributed by atoms with Crippen molar-refractivity contribution in [3.05, 3.63) is 17.0 Å².